The number of rotatable bonds is 6. The molecule has 3 fully saturated rings. The first kappa shape index (κ1) is 22.5. The first-order valence-corrected chi connectivity index (χ1v) is 12.2. The van der Waals surface area contributed by atoms with E-state index in [-0.39, 0.29) is 11.2 Å². The Kier molecular flexibility index (Phi) is 6.04. The van der Waals surface area contributed by atoms with E-state index in [1.165, 1.54) is 6.07 Å². The van der Waals surface area contributed by atoms with Crippen molar-refractivity contribution in [1.82, 2.24) is 19.9 Å². The Morgan fingerprint density at radius 2 is 1.94 bits per heavy atom. The van der Waals surface area contributed by atoms with Crippen molar-refractivity contribution in [2.45, 2.75) is 68.5 Å². The fourth-order valence-corrected chi connectivity index (χ4v) is 6.01. The number of nitrogens with zero attached hydrogens (tertiary/aromatic N) is 2. The molecule has 7 nitrogen and oxygen atoms in total. The number of hydrogen-bond donors (Lipinski definition) is 2. The summed E-state index contributed by atoms with van der Waals surface area (Å²) >= 11 is 0. The second-order valence-electron chi connectivity index (χ2n) is 8.75. The van der Waals surface area contributed by atoms with Crippen molar-refractivity contribution in [2.24, 2.45) is 0 Å². The molecule has 2 saturated heterocycles. The maximum Gasteiger partial charge on any atom is 0.433 e. The highest BCUT2D eigenvalue weighted by Gasteiger charge is 2.42. The molecule has 2 N–H and O–H groups in total. The Hall–Kier alpha value is -1.72. The lowest BCUT2D eigenvalue weighted by molar-refractivity contribution is -0.141. The quantitative estimate of drug-likeness (QED) is 0.675. The molecule has 3 heterocycles. The van der Waals surface area contributed by atoms with E-state index in [2.05, 4.69) is 15.2 Å². The summed E-state index contributed by atoms with van der Waals surface area (Å²) in [6.07, 6.45) is -0.181. The van der Waals surface area contributed by atoms with Gasteiger partial charge >= 0.3 is 6.18 Å². The molecule has 2 aliphatic heterocycles. The maximum atomic E-state index is 13.2. The lowest BCUT2D eigenvalue weighted by Gasteiger charge is -2.42. The van der Waals surface area contributed by atoms with Gasteiger partial charge in [0, 0.05) is 12.1 Å². The molecule has 31 heavy (non-hydrogen) atoms. The van der Waals surface area contributed by atoms with Gasteiger partial charge in [-0.25, -0.2) is 13.4 Å². The average molecular weight is 461 g/mol. The molecule has 1 aromatic heterocycles. The molecule has 0 bridgehead atoms. The first-order chi connectivity index (χ1) is 14.6. The highest BCUT2D eigenvalue weighted by atomic mass is 32.2. The summed E-state index contributed by atoms with van der Waals surface area (Å²) in [5, 5.41) is 2.76. The van der Waals surface area contributed by atoms with Gasteiger partial charge in [0.15, 0.2) is 0 Å². The van der Waals surface area contributed by atoms with E-state index in [0.29, 0.717) is 24.9 Å². The number of halogens is 3. The lowest BCUT2D eigenvalue weighted by atomic mass is 9.85. The molecule has 1 spiro atoms. The minimum absolute atomic E-state index is 0.0167. The van der Waals surface area contributed by atoms with Gasteiger partial charge in [0.2, 0.25) is 15.9 Å². The molecular weight excluding hydrogens is 433 g/mol. The standard InChI is InChI=1S/C20H27F3N4O3S/c21-20(22,23)17-5-2-14(13-27-11-1-6-19(27)7-9-24-10-8-19)16(25-17)12-18(28)26-31(29,30)15-3-4-15/h2,5,15,24H,1,3-4,6-13H2,(H,26,28). The van der Waals surface area contributed by atoms with Crippen LogP contribution in [0.5, 0.6) is 0 Å². The second-order valence-corrected chi connectivity index (χ2v) is 10.7. The van der Waals surface area contributed by atoms with E-state index in [1.807, 2.05) is 4.72 Å². The summed E-state index contributed by atoms with van der Waals surface area (Å²) < 4.78 is 65.8. The van der Waals surface area contributed by atoms with Crippen LogP contribution in [0.15, 0.2) is 12.1 Å². The number of hydrogen-bond acceptors (Lipinski definition) is 6. The van der Waals surface area contributed by atoms with Gasteiger partial charge in [-0.05, 0) is 69.8 Å². The minimum Gasteiger partial charge on any atom is -0.317 e. The number of likely N-dealkylation sites (tertiary alicyclic amines) is 1. The molecule has 4 rings (SSSR count). The summed E-state index contributed by atoms with van der Waals surface area (Å²) in [6, 6.07) is 2.31. The second kappa shape index (κ2) is 8.32. The number of sulfonamides is 1. The highest BCUT2D eigenvalue weighted by Crippen LogP contribution is 2.38. The fourth-order valence-electron chi connectivity index (χ4n) is 4.70. The summed E-state index contributed by atoms with van der Waals surface area (Å²) in [5.41, 5.74) is -0.550. The predicted molar refractivity (Wildman–Crippen MR) is 108 cm³/mol. The van der Waals surface area contributed by atoms with Gasteiger partial charge in [0.25, 0.3) is 0 Å². The third-order valence-corrected chi connectivity index (χ3v) is 8.40. The third kappa shape index (κ3) is 5.04. The van der Waals surface area contributed by atoms with Crippen LogP contribution in [-0.2, 0) is 34.0 Å². The molecule has 0 atom stereocenters. The van der Waals surface area contributed by atoms with Crippen LogP contribution >= 0.6 is 0 Å². The normalized spacial score (nSPS) is 22.0. The molecular formula is C20H27F3N4O3S. The zero-order valence-corrected chi connectivity index (χ0v) is 18.0. The number of piperidine rings is 1. The average Bonchev–Trinajstić information content (AvgIpc) is 3.49. The molecule has 0 unspecified atom stereocenters. The number of alkyl halides is 3. The molecule has 11 heteroatoms. The van der Waals surface area contributed by atoms with Crippen LogP contribution in [0.1, 0.15) is 55.5 Å². The topological polar surface area (TPSA) is 91.4 Å². The molecule has 3 aliphatic rings. The van der Waals surface area contributed by atoms with Crippen molar-refractivity contribution in [1.29, 1.82) is 0 Å². The maximum absolute atomic E-state index is 13.2. The minimum atomic E-state index is -4.65. The van der Waals surface area contributed by atoms with Crippen LogP contribution in [0.25, 0.3) is 0 Å². The molecule has 0 radical (unpaired) electrons. The largest absolute Gasteiger partial charge is 0.433 e. The number of carbonyl (C=O) groups excluding carboxylic acids is 1. The summed E-state index contributed by atoms with van der Waals surface area (Å²) in [4.78, 5) is 18.4. The van der Waals surface area contributed by atoms with Crippen molar-refractivity contribution >= 4 is 15.9 Å². The smallest absolute Gasteiger partial charge is 0.317 e. The molecule has 1 aliphatic carbocycles. The number of aromatic nitrogens is 1. The molecule has 0 aromatic carbocycles. The van der Waals surface area contributed by atoms with E-state index < -0.39 is 39.5 Å². The molecule has 1 amide bonds. The number of nitrogens with one attached hydrogen (secondary N) is 2. The van der Waals surface area contributed by atoms with Crippen LogP contribution in [0.4, 0.5) is 13.2 Å². The molecule has 172 valence electrons. The van der Waals surface area contributed by atoms with Crippen LogP contribution < -0.4 is 10.0 Å². The summed E-state index contributed by atoms with van der Waals surface area (Å²) in [5.74, 6) is -0.849. The van der Waals surface area contributed by atoms with Gasteiger partial charge in [0.1, 0.15) is 5.69 Å². The Morgan fingerprint density at radius 3 is 2.58 bits per heavy atom. The highest BCUT2D eigenvalue weighted by molar-refractivity contribution is 7.90. The summed E-state index contributed by atoms with van der Waals surface area (Å²) in [7, 11) is -3.77. The van der Waals surface area contributed by atoms with Gasteiger partial charge in [0.05, 0.1) is 17.4 Å². The SMILES string of the molecule is O=C(Cc1nc(C(F)(F)F)ccc1CN1CCCC12CCNCC2)NS(=O)(=O)C1CC1. The van der Waals surface area contributed by atoms with Crippen molar-refractivity contribution in [3.8, 4) is 0 Å². The van der Waals surface area contributed by atoms with Gasteiger partial charge in [-0.15, -0.1) is 0 Å². The number of pyridine rings is 1. The Morgan fingerprint density at radius 1 is 1.23 bits per heavy atom. The molecule has 1 aromatic rings. The van der Waals surface area contributed by atoms with E-state index in [4.69, 9.17) is 0 Å². The van der Waals surface area contributed by atoms with Crippen molar-refractivity contribution in [3.05, 3.63) is 29.1 Å². The first-order valence-electron chi connectivity index (χ1n) is 10.7. The van der Waals surface area contributed by atoms with Crippen molar-refractivity contribution in [2.75, 3.05) is 19.6 Å². The zero-order chi connectivity index (χ0) is 22.3. The number of carbonyl (C=O) groups is 1. The van der Waals surface area contributed by atoms with E-state index in [0.717, 1.165) is 51.4 Å². The predicted octanol–water partition coefficient (Wildman–Crippen LogP) is 1.97. The Balaban J connectivity index is 1.57. The molecule has 1 saturated carbocycles. The third-order valence-electron chi connectivity index (χ3n) is 6.54. The van der Waals surface area contributed by atoms with Gasteiger partial charge in [-0.1, -0.05) is 6.07 Å². The lowest BCUT2D eigenvalue weighted by Crippen LogP contribution is -2.50. The van der Waals surface area contributed by atoms with E-state index in [9.17, 15) is 26.4 Å². The zero-order valence-electron chi connectivity index (χ0n) is 17.2. The van der Waals surface area contributed by atoms with Crippen molar-refractivity contribution in [3.63, 3.8) is 0 Å². The Bertz CT molecular complexity index is 941. The monoisotopic (exact) mass is 460 g/mol. The Labute approximate surface area is 179 Å². The van der Waals surface area contributed by atoms with E-state index >= 15 is 0 Å². The fraction of sp³-hybridized carbons (Fsp3) is 0.700. The summed E-state index contributed by atoms with van der Waals surface area (Å²) in [6.45, 7) is 3.03. The van der Waals surface area contributed by atoms with Crippen LogP contribution in [0.2, 0.25) is 0 Å². The van der Waals surface area contributed by atoms with Gasteiger partial charge in [-0.2, -0.15) is 13.2 Å². The van der Waals surface area contributed by atoms with Crippen LogP contribution in [0, 0.1) is 0 Å². The van der Waals surface area contributed by atoms with Crippen LogP contribution in [-0.4, -0.2) is 54.6 Å². The van der Waals surface area contributed by atoms with Crippen molar-refractivity contribution < 1.29 is 26.4 Å². The number of amides is 1. The van der Waals surface area contributed by atoms with Gasteiger partial charge < -0.3 is 5.32 Å². The van der Waals surface area contributed by atoms with Gasteiger partial charge in [-0.3, -0.25) is 14.4 Å². The van der Waals surface area contributed by atoms with E-state index in [1.54, 1.807) is 0 Å². The van der Waals surface area contributed by atoms with Crippen LogP contribution in [0.3, 0.4) is 0 Å².